The third-order valence-electron chi connectivity index (χ3n) is 5.12. The van der Waals surface area contributed by atoms with E-state index in [-0.39, 0.29) is 49.2 Å². The van der Waals surface area contributed by atoms with Crippen LogP contribution in [0, 0.1) is 0 Å². The molecule has 5 unspecified atom stereocenters. The summed E-state index contributed by atoms with van der Waals surface area (Å²) in [5.41, 5.74) is -0.539. The van der Waals surface area contributed by atoms with Crippen LogP contribution in [0.25, 0.3) is 0 Å². The van der Waals surface area contributed by atoms with Crippen molar-refractivity contribution in [3.05, 3.63) is 35.4 Å². The number of aliphatic hydroxyl groups excluding tert-OH is 1. The Bertz CT molecular complexity index is 713. The molecular formula is C20H27F3N2O4. The van der Waals surface area contributed by atoms with Crippen LogP contribution in [0.4, 0.5) is 13.2 Å². The van der Waals surface area contributed by atoms with Gasteiger partial charge in [0.2, 0.25) is 5.91 Å². The highest BCUT2D eigenvalue weighted by molar-refractivity contribution is 5.76. The first kappa shape index (κ1) is 22.0. The Morgan fingerprint density at radius 2 is 2.00 bits per heavy atom. The number of amides is 1. The molecule has 0 bridgehead atoms. The molecule has 2 aliphatic heterocycles. The molecule has 0 aliphatic carbocycles. The fourth-order valence-corrected chi connectivity index (χ4v) is 3.90. The molecule has 2 fully saturated rings. The van der Waals surface area contributed by atoms with Gasteiger partial charge in [0.15, 0.2) is 0 Å². The molecule has 29 heavy (non-hydrogen) atoms. The lowest BCUT2D eigenvalue weighted by atomic mass is 10.1. The summed E-state index contributed by atoms with van der Waals surface area (Å²) >= 11 is 0. The maximum atomic E-state index is 13.1. The average molecular weight is 416 g/mol. The zero-order chi connectivity index (χ0) is 21.2. The second-order valence-electron chi connectivity index (χ2n) is 7.87. The zero-order valence-electron chi connectivity index (χ0n) is 16.4. The number of alkyl halides is 3. The van der Waals surface area contributed by atoms with Crippen LogP contribution in [0.15, 0.2) is 24.3 Å². The van der Waals surface area contributed by atoms with Gasteiger partial charge in [0.25, 0.3) is 0 Å². The van der Waals surface area contributed by atoms with Gasteiger partial charge in [0.05, 0.1) is 30.3 Å². The summed E-state index contributed by atoms with van der Waals surface area (Å²) in [6, 6.07) is 5.43. The minimum absolute atomic E-state index is 0.0104. The molecule has 0 saturated carbocycles. The van der Waals surface area contributed by atoms with E-state index < -0.39 is 30.1 Å². The Balaban J connectivity index is 1.47. The van der Waals surface area contributed by atoms with Crippen LogP contribution in [-0.2, 0) is 27.0 Å². The van der Waals surface area contributed by atoms with Gasteiger partial charge < -0.3 is 25.2 Å². The average Bonchev–Trinajstić information content (AvgIpc) is 3.12. The van der Waals surface area contributed by atoms with E-state index in [9.17, 15) is 23.1 Å². The summed E-state index contributed by atoms with van der Waals surface area (Å²) in [4.78, 5) is 11.9. The number of carbonyl (C=O) groups is 1. The molecular weight excluding hydrogens is 389 g/mol. The maximum absolute atomic E-state index is 13.1. The highest BCUT2D eigenvalue weighted by Crippen LogP contribution is 2.35. The fraction of sp³-hybridized carbons (Fsp3) is 0.650. The minimum atomic E-state index is -4.41. The standard InChI is InChI=1S/C20H27F3N2O4/c1-11(2)25-17(26)8-13-7-15-19(28-13)18(27)16(29-15)10-24-9-12-5-3-4-6-14(12)20(21,22)23/h3-6,11,13,15-16,18-19,24,27H,7-10H2,1-2H3,(H,25,26). The van der Waals surface area contributed by atoms with E-state index in [0.717, 1.165) is 6.07 Å². The fourth-order valence-electron chi connectivity index (χ4n) is 3.90. The summed E-state index contributed by atoms with van der Waals surface area (Å²) in [5, 5.41) is 16.2. The molecule has 3 rings (SSSR count). The van der Waals surface area contributed by atoms with Gasteiger partial charge >= 0.3 is 6.18 Å². The van der Waals surface area contributed by atoms with Gasteiger partial charge in [-0.15, -0.1) is 0 Å². The van der Waals surface area contributed by atoms with Gasteiger partial charge in [0.1, 0.15) is 12.2 Å². The predicted octanol–water partition coefficient (Wildman–Crippen LogP) is 2.00. The smallest absolute Gasteiger partial charge is 0.388 e. The first-order chi connectivity index (χ1) is 13.6. The van der Waals surface area contributed by atoms with Crippen molar-refractivity contribution in [3.63, 3.8) is 0 Å². The van der Waals surface area contributed by atoms with Gasteiger partial charge in [-0.05, 0) is 25.5 Å². The van der Waals surface area contributed by atoms with Gasteiger partial charge in [-0.3, -0.25) is 4.79 Å². The van der Waals surface area contributed by atoms with Gasteiger partial charge in [0, 0.05) is 25.6 Å². The van der Waals surface area contributed by atoms with Gasteiger partial charge in [-0.2, -0.15) is 13.2 Å². The van der Waals surface area contributed by atoms with Crippen LogP contribution < -0.4 is 10.6 Å². The Morgan fingerprint density at radius 3 is 2.66 bits per heavy atom. The Morgan fingerprint density at radius 1 is 1.28 bits per heavy atom. The Kier molecular flexibility index (Phi) is 6.83. The maximum Gasteiger partial charge on any atom is 0.416 e. The number of hydrogen-bond acceptors (Lipinski definition) is 5. The molecule has 3 N–H and O–H groups in total. The Labute approximate surface area is 167 Å². The van der Waals surface area contributed by atoms with E-state index in [1.54, 1.807) is 6.07 Å². The second-order valence-corrected chi connectivity index (χ2v) is 7.87. The summed E-state index contributed by atoms with van der Waals surface area (Å²) in [6.07, 6.45) is -6.34. The van der Waals surface area contributed by atoms with Gasteiger partial charge in [-0.25, -0.2) is 0 Å². The number of aliphatic hydroxyl groups is 1. The molecule has 2 saturated heterocycles. The molecule has 2 aliphatic rings. The topological polar surface area (TPSA) is 79.8 Å². The first-order valence-electron chi connectivity index (χ1n) is 9.79. The van der Waals surface area contributed by atoms with E-state index >= 15 is 0 Å². The second kappa shape index (κ2) is 8.99. The number of carbonyl (C=O) groups excluding carboxylic acids is 1. The summed E-state index contributed by atoms with van der Waals surface area (Å²) in [6.45, 7) is 3.96. The molecule has 9 heteroatoms. The number of ether oxygens (including phenoxy) is 2. The number of fused-ring (bicyclic) bond motifs is 1. The summed E-state index contributed by atoms with van der Waals surface area (Å²) < 4.78 is 50.8. The molecule has 1 aromatic carbocycles. The number of benzene rings is 1. The van der Waals surface area contributed by atoms with Crippen LogP contribution in [-0.4, -0.2) is 54.1 Å². The summed E-state index contributed by atoms with van der Waals surface area (Å²) in [7, 11) is 0. The largest absolute Gasteiger partial charge is 0.416 e. The molecule has 6 nitrogen and oxygen atoms in total. The number of nitrogens with one attached hydrogen (secondary N) is 2. The van der Waals surface area contributed by atoms with Crippen molar-refractivity contribution < 1.29 is 32.5 Å². The van der Waals surface area contributed by atoms with Crippen molar-refractivity contribution in [2.24, 2.45) is 0 Å². The first-order valence-corrected chi connectivity index (χ1v) is 9.79. The Hall–Kier alpha value is -1.68. The van der Waals surface area contributed by atoms with E-state index in [4.69, 9.17) is 9.47 Å². The monoisotopic (exact) mass is 416 g/mol. The van der Waals surface area contributed by atoms with Crippen LogP contribution in [0.3, 0.4) is 0 Å². The minimum Gasteiger partial charge on any atom is -0.388 e. The number of rotatable bonds is 7. The van der Waals surface area contributed by atoms with Gasteiger partial charge in [-0.1, -0.05) is 18.2 Å². The van der Waals surface area contributed by atoms with Crippen LogP contribution in [0.5, 0.6) is 0 Å². The molecule has 2 heterocycles. The molecule has 1 aromatic rings. The van der Waals surface area contributed by atoms with Crippen molar-refractivity contribution >= 4 is 5.91 Å². The van der Waals surface area contributed by atoms with Crippen LogP contribution in [0.1, 0.15) is 37.8 Å². The van der Waals surface area contributed by atoms with Crippen molar-refractivity contribution in [1.82, 2.24) is 10.6 Å². The van der Waals surface area contributed by atoms with Crippen molar-refractivity contribution in [3.8, 4) is 0 Å². The van der Waals surface area contributed by atoms with E-state index in [1.807, 2.05) is 13.8 Å². The van der Waals surface area contributed by atoms with Crippen molar-refractivity contribution in [2.75, 3.05) is 6.54 Å². The van der Waals surface area contributed by atoms with E-state index in [1.165, 1.54) is 12.1 Å². The van der Waals surface area contributed by atoms with Crippen molar-refractivity contribution in [1.29, 1.82) is 0 Å². The predicted molar refractivity (Wildman–Crippen MR) is 99.0 cm³/mol. The molecule has 1 amide bonds. The highest BCUT2D eigenvalue weighted by Gasteiger charge is 2.50. The van der Waals surface area contributed by atoms with Crippen LogP contribution >= 0.6 is 0 Å². The van der Waals surface area contributed by atoms with E-state index in [2.05, 4.69) is 10.6 Å². The number of hydrogen-bond donors (Lipinski definition) is 3. The quantitative estimate of drug-likeness (QED) is 0.634. The lowest BCUT2D eigenvalue weighted by Gasteiger charge is -2.21. The molecule has 5 atom stereocenters. The lowest BCUT2D eigenvalue weighted by Crippen LogP contribution is -2.39. The van der Waals surface area contributed by atoms with Crippen LogP contribution in [0.2, 0.25) is 0 Å². The van der Waals surface area contributed by atoms with E-state index in [0.29, 0.717) is 6.42 Å². The van der Waals surface area contributed by atoms with Crippen molar-refractivity contribution in [2.45, 2.75) is 76.0 Å². The molecule has 162 valence electrons. The third-order valence-corrected chi connectivity index (χ3v) is 5.12. The SMILES string of the molecule is CC(C)NC(=O)CC1CC2OC(CNCc3ccccc3C(F)(F)F)C(O)C2O1. The summed E-state index contributed by atoms with van der Waals surface area (Å²) in [5.74, 6) is -0.110. The lowest BCUT2D eigenvalue weighted by molar-refractivity contribution is -0.138. The third kappa shape index (κ3) is 5.48. The molecule has 0 spiro atoms. The highest BCUT2D eigenvalue weighted by atomic mass is 19.4. The number of halogens is 3. The molecule has 0 aromatic heterocycles. The zero-order valence-corrected chi connectivity index (χ0v) is 16.4. The molecule has 0 radical (unpaired) electrons. The normalized spacial score (nSPS) is 29.3.